The number of nitrogens with zero attached hydrogens (tertiary/aromatic N) is 3. The van der Waals surface area contributed by atoms with Crippen LogP contribution in [0.4, 0.5) is 11.5 Å². The number of halogens is 1. The van der Waals surface area contributed by atoms with Gasteiger partial charge in [-0.25, -0.2) is 4.98 Å². The summed E-state index contributed by atoms with van der Waals surface area (Å²) < 4.78 is 0.523. The van der Waals surface area contributed by atoms with Gasteiger partial charge in [-0.05, 0) is 28.8 Å². The van der Waals surface area contributed by atoms with E-state index in [1.165, 1.54) is 12.3 Å². The SMILES string of the molecule is O=C(O)C1CCCN(c2ncc(Br)cc2[N+](=O)[O-])C1. The summed E-state index contributed by atoms with van der Waals surface area (Å²) in [4.78, 5) is 27.3. The normalized spacial score (nSPS) is 19.2. The average Bonchev–Trinajstić information content (AvgIpc) is 2.38. The molecule has 1 N–H and O–H groups in total. The minimum Gasteiger partial charge on any atom is -0.481 e. The van der Waals surface area contributed by atoms with Crippen LogP contribution in [0.5, 0.6) is 0 Å². The summed E-state index contributed by atoms with van der Waals surface area (Å²) >= 11 is 3.14. The number of carbonyl (C=O) groups is 1. The number of rotatable bonds is 3. The lowest BCUT2D eigenvalue weighted by Gasteiger charge is -2.31. The fourth-order valence-corrected chi connectivity index (χ4v) is 2.49. The molecule has 19 heavy (non-hydrogen) atoms. The van der Waals surface area contributed by atoms with Crippen molar-refractivity contribution < 1.29 is 14.8 Å². The van der Waals surface area contributed by atoms with Crippen LogP contribution in [0.2, 0.25) is 0 Å². The number of aliphatic carboxylic acids is 1. The van der Waals surface area contributed by atoms with Crippen LogP contribution in [0.3, 0.4) is 0 Å². The van der Waals surface area contributed by atoms with Crippen molar-refractivity contribution in [1.82, 2.24) is 4.98 Å². The van der Waals surface area contributed by atoms with Crippen LogP contribution in [0.1, 0.15) is 12.8 Å². The van der Waals surface area contributed by atoms with Crippen molar-refractivity contribution in [2.75, 3.05) is 18.0 Å². The number of hydrogen-bond acceptors (Lipinski definition) is 5. The zero-order valence-electron chi connectivity index (χ0n) is 9.95. The first kappa shape index (κ1) is 13.7. The highest BCUT2D eigenvalue weighted by molar-refractivity contribution is 9.10. The quantitative estimate of drug-likeness (QED) is 0.673. The molecule has 0 spiro atoms. The van der Waals surface area contributed by atoms with Crippen molar-refractivity contribution in [3.63, 3.8) is 0 Å². The largest absolute Gasteiger partial charge is 0.481 e. The molecule has 1 aliphatic heterocycles. The van der Waals surface area contributed by atoms with E-state index in [2.05, 4.69) is 20.9 Å². The first-order valence-corrected chi connectivity index (χ1v) is 6.56. The van der Waals surface area contributed by atoms with Gasteiger partial charge in [0.2, 0.25) is 5.82 Å². The van der Waals surface area contributed by atoms with Gasteiger partial charge in [-0.15, -0.1) is 0 Å². The molecule has 1 atom stereocenters. The van der Waals surface area contributed by atoms with Crippen LogP contribution >= 0.6 is 15.9 Å². The first-order chi connectivity index (χ1) is 8.99. The van der Waals surface area contributed by atoms with E-state index in [9.17, 15) is 14.9 Å². The lowest BCUT2D eigenvalue weighted by atomic mass is 9.98. The standard InChI is InChI=1S/C11H12BrN3O4/c12-8-4-9(15(18)19)10(13-5-8)14-3-1-2-7(6-14)11(16)17/h4-5,7H,1-3,6H2,(H,16,17). The van der Waals surface area contributed by atoms with Crippen molar-refractivity contribution in [3.8, 4) is 0 Å². The number of aromatic nitrogens is 1. The molecule has 0 aromatic carbocycles. The van der Waals surface area contributed by atoms with Crippen molar-refractivity contribution >= 4 is 33.4 Å². The van der Waals surface area contributed by atoms with Gasteiger partial charge in [0, 0.05) is 29.8 Å². The molecular weight excluding hydrogens is 318 g/mol. The maximum absolute atomic E-state index is 11.0. The van der Waals surface area contributed by atoms with Gasteiger partial charge in [-0.1, -0.05) is 0 Å². The Morgan fingerprint density at radius 2 is 2.37 bits per heavy atom. The predicted octanol–water partition coefficient (Wildman–Crippen LogP) is 2.05. The van der Waals surface area contributed by atoms with E-state index in [0.29, 0.717) is 23.9 Å². The lowest BCUT2D eigenvalue weighted by molar-refractivity contribution is -0.384. The third kappa shape index (κ3) is 3.01. The molecule has 1 aromatic heterocycles. The second-order valence-electron chi connectivity index (χ2n) is 4.38. The van der Waals surface area contributed by atoms with E-state index in [0.717, 1.165) is 0 Å². The number of anilines is 1. The molecule has 0 saturated carbocycles. The summed E-state index contributed by atoms with van der Waals surface area (Å²) in [6.45, 7) is 0.837. The van der Waals surface area contributed by atoms with Gasteiger partial charge in [0.25, 0.3) is 0 Å². The number of carboxylic acid groups (broad SMARTS) is 1. The number of carboxylic acids is 1. The fourth-order valence-electron chi connectivity index (χ4n) is 2.17. The molecule has 1 saturated heterocycles. The summed E-state index contributed by atoms with van der Waals surface area (Å²) in [7, 11) is 0. The summed E-state index contributed by atoms with van der Waals surface area (Å²) in [5.41, 5.74) is -0.111. The Labute approximate surface area is 117 Å². The molecular formula is C11H12BrN3O4. The molecule has 1 unspecified atom stereocenters. The van der Waals surface area contributed by atoms with E-state index in [-0.39, 0.29) is 18.1 Å². The van der Waals surface area contributed by atoms with Gasteiger partial charge >= 0.3 is 11.7 Å². The minimum absolute atomic E-state index is 0.111. The molecule has 1 aromatic rings. The van der Waals surface area contributed by atoms with E-state index in [1.54, 1.807) is 4.90 Å². The van der Waals surface area contributed by atoms with Crippen LogP contribution in [-0.4, -0.2) is 34.1 Å². The molecule has 0 bridgehead atoms. The molecule has 1 fully saturated rings. The Kier molecular flexibility index (Phi) is 3.98. The summed E-state index contributed by atoms with van der Waals surface area (Å²) in [5.74, 6) is -1.14. The second kappa shape index (κ2) is 5.52. The number of hydrogen-bond donors (Lipinski definition) is 1. The summed E-state index contributed by atoms with van der Waals surface area (Å²) in [6.07, 6.45) is 2.76. The van der Waals surface area contributed by atoms with Crippen LogP contribution in [0, 0.1) is 16.0 Å². The maximum Gasteiger partial charge on any atom is 0.312 e. The molecule has 7 nitrogen and oxygen atoms in total. The van der Waals surface area contributed by atoms with E-state index < -0.39 is 16.8 Å². The van der Waals surface area contributed by atoms with Crippen molar-refractivity contribution in [2.24, 2.45) is 5.92 Å². The Hall–Kier alpha value is -1.70. The molecule has 2 rings (SSSR count). The van der Waals surface area contributed by atoms with Crippen LogP contribution < -0.4 is 4.90 Å². The van der Waals surface area contributed by atoms with Gasteiger partial charge in [0.15, 0.2) is 0 Å². The van der Waals surface area contributed by atoms with Crippen molar-refractivity contribution in [2.45, 2.75) is 12.8 Å². The molecule has 0 radical (unpaired) electrons. The smallest absolute Gasteiger partial charge is 0.312 e. The van der Waals surface area contributed by atoms with Crippen LogP contribution in [0.15, 0.2) is 16.7 Å². The Balaban J connectivity index is 2.30. The third-order valence-corrected chi connectivity index (χ3v) is 3.51. The Bertz CT molecular complexity index is 523. The zero-order chi connectivity index (χ0) is 14.0. The number of pyridine rings is 1. The van der Waals surface area contributed by atoms with Gasteiger partial charge in [0.05, 0.1) is 10.8 Å². The van der Waals surface area contributed by atoms with Crippen molar-refractivity contribution in [1.29, 1.82) is 0 Å². The third-order valence-electron chi connectivity index (χ3n) is 3.08. The molecule has 2 heterocycles. The van der Waals surface area contributed by atoms with Gasteiger partial charge in [0.1, 0.15) is 0 Å². The van der Waals surface area contributed by atoms with E-state index in [1.807, 2.05) is 0 Å². The van der Waals surface area contributed by atoms with Gasteiger partial charge in [-0.2, -0.15) is 0 Å². The molecule has 0 amide bonds. The Morgan fingerprint density at radius 1 is 1.63 bits per heavy atom. The zero-order valence-corrected chi connectivity index (χ0v) is 11.5. The predicted molar refractivity (Wildman–Crippen MR) is 71.2 cm³/mol. The van der Waals surface area contributed by atoms with Gasteiger partial charge in [-0.3, -0.25) is 14.9 Å². The highest BCUT2D eigenvalue weighted by Gasteiger charge is 2.30. The van der Waals surface area contributed by atoms with Crippen LogP contribution in [0.25, 0.3) is 0 Å². The highest BCUT2D eigenvalue weighted by Crippen LogP contribution is 2.31. The summed E-state index contributed by atoms with van der Waals surface area (Å²) in [6, 6.07) is 1.38. The molecule has 8 heteroatoms. The second-order valence-corrected chi connectivity index (χ2v) is 5.29. The van der Waals surface area contributed by atoms with E-state index in [4.69, 9.17) is 5.11 Å². The highest BCUT2D eigenvalue weighted by atomic mass is 79.9. The lowest BCUT2D eigenvalue weighted by Crippen LogP contribution is -2.39. The number of nitro groups is 1. The fraction of sp³-hybridized carbons (Fsp3) is 0.455. The Morgan fingerprint density at radius 3 is 3.00 bits per heavy atom. The molecule has 1 aliphatic rings. The van der Waals surface area contributed by atoms with E-state index >= 15 is 0 Å². The average molecular weight is 330 g/mol. The number of piperidine rings is 1. The monoisotopic (exact) mass is 329 g/mol. The molecule has 0 aliphatic carbocycles. The summed E-state index contributed by atoms with van der Waals surface area (Å²) in [5, 5.41) is 20.1. The topological polar surface area (TPSA) is 96.6 Å². The minimum atomic E-state index is -0.871. The maximum atomic E-state index is 11.0. The van der Waals surface area contributed by atoms with Gasteiger partial charge < -0.3 is 10.0 Å². The molecule has 102 valence electrons. The van der Waals surface area contributed by atoms with Crippen LogP contribution in [-0.2, 0) is 4.79 Å². The first-order valence-electron chi connectivity index (χ1n) is 5.76. The van der Waals surface area contributed by atoms with Crippen molar-refractivity contribution in [3.05, 3.63) is 26.9 Å².